The SMILES string of the molecule is Cc1nnc(CC(OC(N)=O)c2cc(OCC(F)(F)F)ccc2F)o1. The predicted octanol–water partition coefficient (Wildman–Crippen LogP) is 2.84. The fourth-order valence-corrected chi connectivity index (χ4v) is 1.96. The van der Waals surface area contributed by atoms with Crippen LogP contribution in [0.4, 0.5) is 22.4 Å². The second-order valence-corrected chi connectivity index (χ2v) is 4.93. The van der Waals surface area contributed by atoms with Crippen LogP contribution in [0.25, 0.3) is 0 Å². The maximum Gasteiger partial charge on any atom is 0.422 e. The number of carbonyl (C=O) groups excluding carboxylic acids is 1. The van der Waals surface area contributed by atoms with Gasteiger partial charge in [-0.2, -0.15) is 13.2 Å². The number of benzene rings is 1. The van der Waals surface area contributed by atoms with Crippen LogP contribution in [0.3, 0.4) is 0 Å². The zero-order valence-electron chi connectivity index (χ0n) is 12.8. The van der Waals surface area contributed by atoms with Gasteiger partial charge in [-0.3, -0.25) is 0 Å². The van der Waals surface area contributed by atoms with Gasteiger partial charge in [-0.25, -0.2) is 9.18 Å². The van der Waals surface area contributed by atoms with E-state index in [1.165, 1.54) is 6.92 Å². The Labute approximate surface area is 138 Å². The van der Waals surface area contributed by atoms with E-state index >= 15 is 0 Å². The number of halogens is 4. The van der Waals surface area contributed by atoms with Crippen molar-refractivity contribution in [1.29, 1.82) is 0 Å². The van der Waals surface area contributed by atoms with Crippen molar-refractivity contribution in [3.63, 3.8) is 0 Å². The average molecular weight is 363 g/mol. The number of aryl methyl sites for hydroxylation is 1. The second kappa shape index (κ2) is 7.36. The third-order valence-corrected chi connectivity index (χ3v) is 2.90. The number of ether oxygens (including phenoxy) is 2. The highest BCUT2D eigenvalue weighted by Gasteiger charge is 2.29. The third-order valence-electron chi connectivity index (χ3n) is 2.90. The van der Waals surface area contributed by atoms with Crippen LogP contribution in [0.5, 0.6) is 5.75 Å². The van der Waals surface area contributed by atoms with E-state index in [1.54, 1.807) is 0 Å². The summed E-state index contributed by atoms with van der Waals surface area (Å²) in [5, 5.41) is 7.26. The Morgan fingerprint density at radius 1 is 1.36 bits per heavy atom. The number of carbonyl (C=O) groups is 1. The summed E-state index contributed by atoms with van der Waals surface area (Å²) in [5.74, 6) is -0.823. The van der Waals surface area contributed by atoms with E-state index in [0.29, 0.717) is 0 Å². The highest BCUT2D eigenvalue weighted by Crippen LogP contribution is 2.29. The fraction of sp³-hybridized carbons (Fsp3) is 0.357. The van der Waals surface area contributed by atoms with Gasteiger partial charge in [0.25, 0.3) is 0 Å². The molecule has 0 fully saturated rings. The van der Waals surface area contributed by atoms with Gasteiger partial charge in [0.2, 0.25) is 11.8 Å². The Hall–Kier alpha value is -2.85. The van der Waals surface area contributed by atoms with Crippen molar-refractivity contribution in [3.05, 3.63) is 41.4 Å². The zero-order valence-corrected chi connectivity index (χ0v) is 12.8. The van der Waals surface area contributed by atoms with Crippen LogP contribution in [0.2, 0.25) is 0 Å². The number of aromatic nitrogens is 2. The molecular weight excluding hydrogens is 350 g/mol. The van der Waals surface area contributed by atoms with E-state index < -0.39 is 30.8 Å². The molecule has 2 N–H and O–H groups in total. The molecule has 0 radical (unpaired) electrons. The first-order valence-electron chi connectivity index (χ1n) is 6.88. The molecule has 0 bridgehead atoms. The Kier molecular flexibility index (Phi) is 5.45. The standard InChI is InChI=1S/C14H13F4N3O4/c1-7-20-21-12(24-7)5-11(25-13(19)22)9-4-8(2-3-10(9)15)23-6-14(16,17)18/h2-4,11H,5-6H2,1H3,(H2,19,22). The number of nitrogens with two attached hydrogens (primary N) is 1. The van der Waals surface area contributed by atoms with Crippen LogP contribution in [0.15, 0.2) is 22.6 Å². The van der Waals surface area contributed by atoms with E-state index in [2.05, 4.69) is 14.9 Å². The third kappa shape index (κ3) is 5.62. The summed E-state index contributed by atoms with van der Waals surface area (Å²) in [7, 11) is 0. The van der Waals surface area contributed by atoms with Gasteiger partial charge in [0, 0.05) is 12.5 Å². The minimum absolute atomic E-state index is 0.0322. The van der Waals surface area contributed by atoms with Gasteiger partial charge in [-0.1, -0.05) is 0 Å². The first kappa shape index (κ1) is 18.5. The van der Waals surface area contributed by atoms with E-state index in [-0.39, 0.29) is 29.5 Å². The molecule has 2 aromatic rings. The molecule has 25 heavy (non-hydrogen) atoms. The van der Waals surface area contributed by atoms with Crippen LogP contribution < -0.4 is 10.5 Å². The molecular formula is C14H13F4N3O4. The number of rotatable bonds is 6. The fourth-order valence-electron chi connectivity index (χ4n) is 1.96. The summed E-state index contributed by atoms with van der Waals surface area (Å²) in [6.45, 7) is -0.0328. The van der Waals surface area contributed by atoms with E-state index in [9.17, 15) is 22.4 Å². The number of primary amides is 1. The van der Waals surface area contributed by atoms with E-state index in [1.807, 2.05) is 0 Å². The molecule has 136 valence electrons. The van der Waals surface area contributed by atoms with Crippen LogP contribution in [-0.4, -0.2) is 29.1 Å². The monoisotopic (exact) mass is 363 g/mol. The highest BCUT2D eigenvalue weighted by molar-refractivity contribution is 5.65. The van der Waals surface area contributed by atoms with Crippen molar-refractivity contribution >= 4 is 6.09 Å². The zero-order chi connectivity index (χ0) is 18.6. The summed E-state index contributed by atoms with van der Waals surface area (Å²) < 4.78 is 65.3. The quantitative estimate of drug-likeness (QED) is 0.792. The van der Waals surface area contributed by atoms with E-state index in [0.717, 1.165) is 18.2 Å². The molecule has 1 aromatic carbocycles. The molecule has 2 rings (SSSR count). The largest absolute Gasteiger partial charge is 0.484 e. The van der Waals surface area contributed by atoms with Gasteiger partial charge in [0.1, 0.15) is 17.7 Å². The molecule has 0 aliphatic heterocycles. The number of alkyl halides is 3. The molecule has 0 saturated heterocycles. The summed E-state index contributed by atoms with van der Waals surface area (Å²) in [5.41, 5.74) is 4.72. The smallest absolute Gasteiger partial charge is 0.422 e. The Balaban J connectivity index is 2.26. The number of nitrogens with zero attached hydrogens (tertiary/aromatic N) is 2. The molecule has 1 atom stereocenters. The van der Waals surface area contributed by atoms with Crippen LogP contribution in [-0.2, 0) is 11.2 Å². The second-order valence-electron chi connectivity index (χ2n) is 4.93. The molecule has 1 unspecified atom stereocenters. The normalized spacial score (nSPS) is 12.7. The molecule has 0 saturated carbocycles. The summed E-state index contributed by atoms with van der Waals surface area (Å²) in [6, 6.07) is 2.89. The van der Waals surface area contributed by atoms with Crippen molar-refractivity contribution in [2.45, 2.75) is 25.6 Å². The van der Waals surface area contributed by atoms with Gasteiger partial charge in [0.05, 0.1) is 6.42 Å². The van der Waals surface area contributed by atoms with Crippen molar-refractivity contribution in [3.8, 4) is 5.75 Å². The van der Waals surface area contributed by atoms with Gasteiger partial charge >= 0.3 is 12.3 Å². The molecule has 0 aliphatic carbocycles. The number of hydrogen-bond acceptors (Lipinski definition) is 6. The van der Waals surface area contributed by atoms with E-state index in [4.69, 9.17) is 14.9 Å². The Morgan fingerprint density at radius 2 is 2.08 bits per heavy atom. The minimum Gasteiger partial charge on any atom is -0.484 e. The average Bonchev–Trinajstić information content (AvgIpc) is 2.89. The maximum atomic E-state index is 14.1. The molecule has 0 spiro atoms. The van der Waals surface area contributed by atoms with Gasteiger partial charge < -0.3 is 19.6 Å². The predicted molar refractivity (Wildman–Crippen MR) is 74.1 cm³/mol. The maximum absolute atomic E-state index is 14.1. The Bertz CT molecular complexity index is 748. The molecule has 11 heteroatoms. The summed E-state index contributed by atoms with van der Waals surface area (Å²) >= 11 is 0. The lowest BCUT2D eigenvalue weighted by Crippen LogP contribution is -2.21. The van der Waals surface area contributed by atoms with Crippen molar-refractivity contribution in [1.82, 2.24) is 10.2 Å². The van der Waals surface area contributed by atoms with Crippen LogP contribution >= 0.6 is 0 Å². The van der Waals surface area contributed by atoms with Crippen molar-refractivity contribution in [2.75, 3.05) is 6.61 Å². The van der Waals surface area contributed by atoms with Gasteiger partial charge in [-0.15, -0.1) is 10.2 Å². The summed E-state index contributed by atoms with van der Waals surface area (Å²) in [4.78, 5) is 11.1. The number of hydrogen-bond donors (Lipinski definition) is 1. The topological polar surface area (TPSA) is 100 Å². The molecule has 0 aliphatic rings. The van der Waals surface area contributed by atoms with Crippen molar-refractivity contribution in [2.24, 2.45) is 5.73 Å². The van der Waals surface area contributed by atoms with Crippen molar-refractivity contribution < 1.29 is 36.2 Å². The first-order valence-corrected chi connectivity index (χ1v) is 6.88. The lowest BCUT2D eigenvalue weighted by atomic mass is 10.1. The lowest BCUT2D eigenvalue weighted by molar-refractivity contribution is -0.153. The first-order chi connectivity index (χ1) is 11.6. The molecule has 1 aromatic heterocycles. The van der Waals surface area contributed by atoms with Crippen LogP contribution in [0.1, 0.15) is 23.4 Å². The lowest BCUT2D eigenvalue weighted by Gasteiger charge is -2.17. The minimum atomic E-state index is -4.56. The highest BCUT2D eigenvalue weighted by atomic mass is 19.4. The molecule has 1 heterocycles. The van der Waals surface area contributed by atoms with Crippen LogP contribution in [0, 0.1) is 12.7 Å². The summed E-state index contributed by atoms with van der Waals surface area (Å²) in [6.07, 6.45) is -7.27. The van der Waals surface area contributed by atoms with Gasteiger partial charge in [-0.05, 0) is 18.2 Å². The number of amides is 1. The van der Waals surface area contributed by atoms with Gasteiger partial charge in [0.15, 0.2) is 6.61 Å². The molecule has 1 amide bonds. The molecule has 7 nitrogen and oxygen atoms in total. The Morgan fingerprint density at radius 3 is 2.64 bits per heavy atom.